The Morgan fingerprint density at radius 3 is 2.54 bits per heavy atom. The third-order valence-corrected chi connectivity index (χ3v) is 3.00. The van der Waals surface area contributed by atoms with Crippen molar-refractivity contribution in [2.24, 2.45) is 0 Å². The monoisotopic (exact) mass is 192 g/mol. The first kappa shape index (κ1) is 10.4. The molecule has 0 bridgehead atoms. The van der Waals surface area contributed by atoms with Crippen LogP contribution < -0.4 is 0 Å². The third kappa shape index (κ3) is 2.16. The van der Waals surface area contributed by atoms with Crippen LogP contribution in [0.4, 0.5) is 0 Å². The van der Waals surface area contributed by atoms with E-state index < -0.39 is 0 Å². The molecular weight excluding hydrogens is 176 g/mol. The zero-order valence-corrected chi connectivity index (χ0v) is 9.32. The topological polar surface area (TPSA) is 0 Å². The van der Waals surface area contributed by atoms with Crippen molar-refractivity contribution in [1.82, 2.24) is 0 Å². The van der Waals surface area contributed by atoms with Crippen LogP contribution in [0.2, 0.25) is 0 Å². The Morgan fingerprint density at radius 1 is 1.38 bits per heavy atom. The Balaban J connectivity index is 3.26. The molecule has 0 amide bonds. The molecule has 0 unspecified atom stereocenters. The van der Waals surface area contributed by atoms with E-state index in [0.717, 1.165) is 0 Å². The van der Waals surface area contributed by atoms with E-state index in [2.05, 4.69) is 44.9 Å². The molecule has 1 rings (SSSR count). The molecule has 1 heteroatoms. The van der Waals surface area contributed by atoms with Gasteiger partial charge in [-0.25, -0.2) is 0 Å². The molecule has 0 aliphatic rings. The molecule has 0 saturated carbocycles. The van der Waals surface area contributed by atoms with Gasteiger partial charge in [-0.2, -0.15) is 0 Å². The summed E-state index contributed by atoms with van der Waals surface area (Å²) in [5, 5.41) is 0. The first-order chi connectivity index (χ1) is 6.20. The van der Waals surface area contributed by atoms with Crippen molar-refractivity contribution in [2.45, 2.75) is 24.7 Å². The molecule has 70 valence electrons. The van der Waals surface area contributed by atoms with Crippen molar-refractivity contribution in [2.75, 3.05) is 6.26 Å². The molecule has 0 aliphatic heterocycles. The van der Waals surface area contributed by atoms with E-state index in [1.165, 1.54) is 16.0 Å². The number of hydrogen-bond donors (Lipinski definition) is 0. The van der Waals surface area contributed by atoms with Crippen LogP contribution in [-0.2, 0) is 0 Å². The zero-order valence-electron chi connectivity index (χ0n) is 8.50. The minimum absolute atomic E-state index is 0.586. The van der Waals surface area contributed by atoms with E-state index >= 15 is 0 Å². The summed E-state index contributed by atoms with van der Waals surface area (Å²) >= 11 is 1.80. The van der Waals surface area contributed by atoms with Gasteiger partial charge >= 0.3 is 0 Å². The normalized spacial score (nSPS) is 10.5. The molecular formula is C12H16S. The van der Waals surface area contributed by atoms with Gasteiger partial charge in [-0.05, 0) is 23.3 Å². The van der Waals surface area contributed by atoms with Crippen LogP contribution in [0.3, 0.4) is 0 Å². The summed E-state index contributed by atoms with van der Waals surface area (Å²) in [5.41, 5.74) is 2.67. The molecule has 1 aromatic carbocycles. The van der Waals surface area contributed by atoms with Gasteiger partial charge in [0.15, 0.2) is 0 Å². The van der Waals surface area contributed by atoms with Crippen molar-refractivity contribution in [3.8, 4) is 0 Å². The van der Waals surface area contributed by atoms with Gasteiger partial charge in [0.2, 0.25) is 0 Å². The van der Waals surface area contributed by atoms with Gasteiger partial charge in [-0.3, -0.25) is 0 Å². The lowest BCUT2D eigenvalue weighted by Crippen LogP contribution is -1.92. The summed E-state index contributed by atoms with van der Waals surface area (Å²) in [5.74, 6) is 0.586. The van der Waals surface area contributed by atoms with Gasteiger partial charge in [-0.1, -0.05) is 44.7 Å². The lowest BCUT2D eigenvalue weighted by Gasteiger charge is -2.13. The second kappa shape index (κ2) is 4.52. The number of benzene rings is 1. The first-order valence-electron chi connectivity index (χ1n) is 4.50. The lowest BCUT2D eigenvalue weighted by molar-refractivity contribution is 0.841. The highest BCUT2D eigenvalue weighted by atomic mass is 32.2. The second-order valence-electron chi connectivity index (χ2n) is 3.33. The fraction of sp³-hybridized carbons (Fsp3) is 0.333. The standard InChI is InChI=1S/C12H16S/c1-5-10-7-6-8-11(9(2)3)12(10)13-4/h5-9H,1H2,2-4H3. The summed E-state index contributed by atoms with van der Waals surface area (Å²) in [4.78, 5) is 1.37. The molecule has 0 atom stereocenters. The summed E-state index contributed by atoms with van der Waals surface area (Å²) in [6.07, 6.45) is 4.05. The van der Waals surface area contributed by atoms with Crippen molar-refractivity contribution in [1.29, 1.82) is 0 Å². The van der Waals surface area contributed by atoms with Crippen molar-refractivity contribution < 1.29 is 0 Å². The first-order valence-corrected chi connectivity index (χ1v) is 5.72. The largest absolute Gasteiger partial charge is 0.129 e. The predicted molar refractivity (Wildman–Crippen MR) is 62.4 cm³/mol. The van der Waals surface area contributed by atoms with Gasteiger partial charge in [0.1, 0.15) is 0 Å². The maximum atomic E-state index is 3.83. The molecule has 0 saturated heterocycles. The van der Waals surface area contributed by atoms with E-state index in [9.17, 15) is 0 Å². The molecule has 13 heavy (non-hydrogen) atoms. The average Bonchev–Trinajstić information content (AvgIpc) is 2.16. The van der Waals surface area contributed by atoms with Crippen LogP contribution in [0.25, 0.3) is 6.08 Å². The van der Waals surface area contributed by atoms with Crippen molar-refractivity contribution >= 4 is 17.8 Å². The summed E-state index contributed by atoms with van der Waals surface area (Å²) in [6, 6.07) is 6.42. The summed E-state index contributed by atoms with van der Waals surface area (Å²) < 4.78 is 0. The van der Waals surface area contributed by atoms with Gasteiger partial charge in [0.25, 0.3) is 0 Å². The van der Waals surface area contributed by atoms with Crippen LogP contribution in [0.1, 0.15) is 30.9 Å². The van der Waals surface area contributed by atoms with Crippen molar-refractivity contribution in [3.05, 3.63) is 35.9 Å². The third-order valence-electron chi connectivity index (χ3n) is 2.12. The van der Waals surface area contributed by atoms with Gasteiger partial charge in [0, 0.05) is 4.90 Å². The van der Waals surface area contributed by atoms with E-state index in [-0.39, 0.29) is 0 Å². The summed E-state index contributed by atoms with van der Waals surface area (Å²) in [7, 11) is 0. The molecule has 0 N–H and O–H groups in total. The highest BCUT2D eigenvalue weighted by molar-refractivity contribution is 7.98. The molecule has 0 spiro atoms. The SMILES string of the molecule is C=Cc1cccc(C(C)C)c1SC. The Kier molecular flexibility index (Phi) is 3.61. The van der Waals surface area contributed by atoms with E-state index in [1.807, 2.05) is 6.08 Å². The van der Waals surface area contributed by atoms with Crippen LogP contribution in [-0.4, -0.2) is 6.26 Å². The molecule has 0 nitrogen and oxygen atoms in total. The number of hydrogen-bond acceptors (Lipinski definition) is 1. The van der Waals surface area contributed by atoms with Gasteiger partial charge < -0.3 is 0 Å². The predicted octanol–water partition coefficient (Wildman–Crippen LogP) is 4.17. The molecule has 0 heterocycles. The average molecular weight is 192 g/mol. The van der Waals surface area contributed by atoms with Gasteiger partial charge in [-0.15, -0.1) is 11.8 Å². The minimum Gasteiger partial charge on any atom is -0.129 e. The molecule has 0 aliphatic carbocycles. The molecule has 0 aromatic heterocycles. The Morgan fingerprint density at radius 2 is 2.08 bits per heavy atom. The number of rotatable bonds is 3. The highest BCUT2D eigenvalue weighted by Gasteiger charge is 2.07. The zero-order chi connectivity index (χ0) is 9.84. The lowest BCUT2D eigenvalue weighted by atomic mass is 10.0. The maximum absolute atomic E-state index is 3.83. The highest BCUT2D eigenvalue weighted by Crippen LogP contribution is 2.30. The quantitative estimate of drug-likeness (QED) is 0.647. The number of thioether (sulfide) groups is 1. The van der Waals surface area contributed by atoms with E-state index in [1.54, 1.807) is 11.8 Å². The molecule has 0 fully saturated rings. The van der Waals surface area contributed by atoms with Crippen LogP contribution >= 0.6 is 11.8 Å². The van der Waals surface area contributed by atoms with Crippen molar-refractivity contribution in [3.63, 3.8) is 0 Å². The Labute approximate surface area is 85.1 Å². The van der Waals surface area contributed by atoms with Gasteiger partial charge in [0.05, 0.1) is 0 Å². The second-order valence-corrected chi connectivity index (χ2v) is 4.15. The smallest absolute Gasteiger partial charge is 0.0176 e. The van der Waals surface area contributed by atoms with Crippen LogP contribution in [0.15, 0.2) is 29.7 Å². The Bertz CT molecular complexity index is 300. The van der Waals surface area contributed by atoms with E-state index in [4.69, 9.17) is 0 Å². The minimum atomic E-state index is 0.586. The molecule has 0 radical (unpaired) electrons. The fourth-order valence-electron chi connectivity index (χ4n) is 1.42. The maximum Gasteiger partial charge on any atom is 0.0176 e. The summed E-state index contributed by atoms with van der Waals surface area (Å²) in [6.45, 7) is 8.27. The fourth-order valence-corrected chi connectivity index (χ4v) is 2.35. The van der Waals surface area contributed by atoms with Crippen LogP contribution in [0, 0.1) is 0 Å². The van der Waals surface area contributed by atoms with Crippen LogP contribution in [0.5, 0.6) is 0 Å². The Hall–Kier alpha value is -0.690. The molecule has 1 aromatic rings. The van der Waals surface area contributed by atoms with E-state index in [0.29, 0.717) is 5.92 Å².